The van der Waals surface area contributed by atoms with Gasteiger partial charge in [0.25, 0.3) is 0 Å². The van der Waals surface area contributed by atoms with Gasteiger partial charge in [-0.05, 0) is 58.0 Å². The van der Waals surface area contributed by atoms with Crippen LogP contribution in [0.25, 0.3) is 0 Å². The number of rotatable bonds is 6. The zero-order valence-corrected chi connectivity index (χ0v) is 13.1. The van der Waals surface area contributed by atoms with Crippen molar-refractivity contribution in [3.05, 3.63) is 0 Å². The van der Waals surface area contributed by atoms with Crippen molar-refractivity contribution in [3.63, 3.8) is 0 Å². The Morgan fingerprint density at radius 2 is 2.12 bits per heavy atom. The highest BCUT2D eigenvalue weighted by molar-refractivity contribution is 7.99. The van der Waals surface area contributed by atoms with Crippen LogP contribution < -0.4 is 5.32 Å². The molecule has 1 saturated heterocycles. The SMILES string of the molecule is CC(C)N(C)CCCNC1CSCCC1(C)C. The molecule has 102 valence electrons. The monoisotopic (exact) mass is 258 g/mol. The van der Waals surface area contributed by atoms with E-state index >= 15 is 0 Å². The third-order valence-corrected chi connectivity index (χ3v) is 5.14. The predicted octanol–water partition coefficient (Wildman–Crippen LogP) is 2.84. The van der Waals surface area contributed by atoms with E-state index in [-0.39, 0.29) is 0 Å². The molecule has 1 heterocycles. The third-order valence-electron chi connectivity index (χ3n) is 4.08. The zero-order valence-electron chi connectivity index (χ0n) is 12.3. The summed E-state index contributed by atoms with van der Waals surface area (Å²) < 4.78 is 0. The van der Waals surface area contributed by atoms with E-state index in [1.54, 1.807) is 0 Å². The Morgan fingerprint density at radius 1 is 1.41 bits per heavy atom. The van der Waals surface area contributed by atoms with E-state index in [9.17, 15) is 0 Å². The Kier molecular flexibility index (Phi) is 6.32. The van der Waals surface area contributed by atoms with Gasteiger partial charge in [0.2, 0.25) is 0 Å². The molecule has 0 saturated carbocycles. The third kappa shape index (κ3) is 5.19. The Morgan fingerprint density at radius 3 is 2.71 bits per heavy atom. The van der Waals surface area contributed by atoms with Crippen molar-refractivity contribution >= 4 is 11.8 Å². The standard InChI is InChI=1S/C14H30N2S/c1-12(2)16(5)9-6-8-15-13-11-17-10-7-14(13,3)4/h12-13,15H,6-11H2,1-5H3. The molecule has 1 fully saturated rings. The van der Waals surface area contributed by atoms with E-state index in [0.29, 0.717) is 17.5 Å². The second-order valence-corrected chi connectivity index (χ2v) is 7.40. The maximum absolute atomic E-state index is 3.76. The number of hydrogen-bond acceptors (Lipinski definition) is 3. The van der Waals surface area contributed by atoms with Gasteiger partial charge in [-0.25, -0.2) is 0 Å². The summed E-state index contributed by atoms with van der Waals surface area (Å²) in [4.78, 5) is 2.42. The molecule has 0 amide bonds. The van der Waals surface area contributed by atoms with Crippen molar-refractivity contribution in [2.24, 2.45) is 5.41 Å². The summed E-state index contributed by atoms with van der Waals surface area (Å²) in [7, 11) is 2.21. The molecule has 1 atom stereocenters. The van der Waals surface area contributed by atoms with Gasteiger partial charge < -0.3 is 10.2 Å². The van der Waals surface area contributed by atoms with E-state index in [1.165, 1.54) is 30.9 Å². The Balaban J connectivity index is 2.17. The lowest BCUT2D eigenvalue weighted by atomic mass is 9.82. The van der Waals surface area contributed by atoms with E-state index in [1.807, 2.05) is 0 Å². The molecule has 0 aliphatic carbocycles. The average molecular weight is 258 g/mol. The number of hydrogen-bond donors (Lipinski definition) is 1. The van der Waals surface area contributed by atoms with Crippen molar-refractivity contribution in [1.29, 1.82) is 0 Å². The van der Waals surface area contributed by atoms with Gasteiger partial charge in [-0.3, -0.25) is 0 Å². The normalized spacial score (nSPS) is 24.5. The molecule has 1 unspecified atom stereocenters. The summed E-state index contributed by atoms with van der Waals surface area (Å²) in [5, 5.41) is 3.76. The van der Waals surface area contributed by atoms with Crippen molar-refractivity contribution in [2.45, 2.75) is 52.6 Å². The maximum Gasteiger partial charge on any atom is 0.0209 e. The van der Waals surface area contributed by atoms with Crippen LogP contribution in [-0.2, 0) is 0 Å². The molecule has 1 rings (SSSR count). The molecule has 1 N–H and O–H groups in total. The summed E-state index contributed by atoms with van der Waals surface area (Å²) in [6.45, 7) is 11.7. The second-order valence-electron chi connectivity index (χ2n) is 6.25. The van der Waals surface area contributed by atoms with E-state index < -0.39 is 0 Å². The lowest BCUT2D eigenvalue weighted by Gasteiger charge is -2.39. The Hall–Kier alpha value is 0.270. The van der Waals surface area contributed by atoms with E-state index in [0.717, 1.165) is 6.54 Å². The van der Waals surface area contributed by atoms with Gasteiger partial charge in [-0.2, -0.15) is 11.8 Å². The van der Waals surface area contributed by atoms with Crippen LogP contribution in [0.4, 0.5) is 0 Å². The minimum absolute atomic E-state index is 0.481. The Bertz CT molecular complexity index is 216. The van der Waals surface area contributed by atoms with Gasteiger partial charge in [0.15, 0.2) is 0 Å². The van der Waals surface area contributed by atoms with Crippen molar-refractivity contribution in [3.8, 4) is 0 Å². The van der Waals surface area contributed by atoms with Crippen LogP contribution in [0.15, 0.2) is 0 Å². The first-order chi connectivity index (χ1) is 7.93. The van der Waals surface area contributed by atoms with Gasteiger partial charge in [0, 0.05) is 17.8 Å². The van der Waals surface area contributed by atoms with Crippen LogP contribution in [0.3, 0.4) is 0 Å². The fourth-order valence-electron chi connectivity index (χ4n) is 2.13. The molecule has 17 heavy (non-hydrogen) atoms. The summed E-state index contributed by atoms with van der Waals surface area (Å²) in [6, 6.07) is 1.36. The molecule has 0 aromatic heterocycles. The second kappa shape index (κ2) is 7.01. The molecule has 1 aliphatic rings. The van der Waals surface area contributed by atoms with Crippen LogP contribution in [0.1, 0.15) is 40.5 Å². The highest BCUT2D eigenvalue weighted by Crippen LogP contribution is 2.33. The number of thioether (sulfide) groups is 1. The zero-order chi connectivity index (χ0) is 12.9. The number of nitrogens with zero attached hydrogens (tertiary/aromatic N) is 1. The number of nitrogens with one attached hydrogen (secondary N) is 1. The van der Waals surface area contributed by atoms with Gasteiger partial charge in [0.1, 0.15) is 0 Å². The molecule has 1 aliphatic heterocycles. The van der Waals surface area contributed by atoms with Crippen LogP contribution in [0.2, 0.25) is 0 Å². The molecule has 0 aromatic rings. The van der Waals surface area contributed by atoms with E-state index in [4.69, 9.17) is 0 Å². The highest BCUT2D eigenvalue weighted by Gasteiger charge is 2.31. The minimum Gasteiger partial charge on any atom is -0.313 e. The van der Waals surface area contributed by atoms with Crippen LogP contribution in [-0.4, -0.2) is 48.6 Å². The smallest absolute Gasteiger partial charge is 0.0209 e. The molecule has 2 nitrogen and oxygen atoms in total. The maximum atomic E-state index is 3.76. The molecule has 0 radical (unpaired) electrons. The minimum atomic E-state index is 0.481. The topological polar surface area (TPSA) is 15.3 Å². The lowest BCUT2D eigenvalue weighted by molar-refractivity contribution is 0.233. The van der Waals surface area contributed by atoms with Gasteiger partial charge in [-0.15, -0.1) is 0 Å². The molecule has 0 bridgehead atoms. The first kappa shape index (κ1) is 15.3. The van der Waals surface area contributed by atoms with E-state index in [2.05, 4.69) is 56.7 Å². The first-order valence-electron chi connectivity index (χ1n) is 6.95. The molecule has 0 aromatic carbocycles. The van der Waals surface area contributed by atoms with Gasteiger partial charge >= 0.3 is 0 Å². The molecular weight excluding hydrogens is 228 g/mol. The summed E-state index contributed by atoms with van der Waals surface area (Å²) in [5.74, 6) is 2.62. The largest absolute Gasteiger partial charge is 0.313 e. The fraction of sp³-hybridized carbons (Fsp3) is 1.00. The molecule has 0 spiro atoms. The lowest BCUT2D eigenvalue weighted by Crippen LogP contribution is -2.47. The first-order valence-corrected chi connectivity index (χ1v) is 8.10. The Labute approximate surface area is 112 Å². The quantitative estimate of drug-likeness (QED) is 0.738. The van der Waals surface area contributed by atoms with Crippen molar-refractivity contribution in [1.82, 2.24) is 10.2 Å². The van der Waals surface area contributed by atoms with Crippen molar-refractivity contribution in [2.75, 3.05) is 31.6 Å². The summed E-state index contributed by atoms with van der Waals surface area (Å²) in [5.41, 5.74) is 0.481. The van der Waals surface area contributed by atoms with Crippen LogP contribution in [0, 0.1) is 5.41 Å². The fourth-order valence-corrected chi connectivity index (χ4v) is 3.78. The molecular formula is C14H30N2S. The highest BCUT2D eigenvalue weighted by atomic mass is 32.2. The predicted molar refractivity (Wildman–Crippen MR) is 79.9 cm³/mol. The average Bonchev–Trinajstić information content (AvgIpc) is 2.25. The van der Waals surface area contributed by atoms with Gasteiger partial charge in [-0.1, -0.05) is 13.8 Å². The van der Waals surface area contributed by atoms with Crippen LogP contribution in [0.5, 0.6) is 0 Å². The molecule has 3 heteroatoms. The van der Waals surface area contributed by atoms with Crippen molar-refractivity contribution < 1.29 is 0 Å². The summed E-state index contributed by atoms with van der Waals surface area (Å²) >= 11 is 2.10. The van der Waals surface area contributed by atoms with Crippen LogP contribution >= 0.6 is 11.8 Å². The van der Waals surface area contributed by atoms with Gasteiger partial charge in [0.05, 0.1) is 0 Å². The summed E-state index contributed by atoms with van der Waals surface area (Å²) in [6.07, 6.45) is 2.60.